The second-order valence-electron chi connectivity index (χ2n) is 5.33. The normalized spacial score (nSPS) is 16.4. The highest BCUT2D eigenvalue weighted by atomic mass is 32.2. The average molecular weight is 340 g/mol. The number of rotatable bonds is 4. The van der Waals surface area contributed by atoms with E-state index in [-0.39, 0.29) is 30.0 Å². The smallest absolute Gasteiger partial charge is 0.329 e. The van der Waals surface area contributed by atoms with Gasteiger partial charge in [0.1, 0.15) is 11.4 Å². The number of thioether (sulfide) groups is 1. The van der Waals surface area contributed by atoms with Crippen LogP contribution in [0.3, 0.4) is 0 Å². The first-order chi connectivity index (χ1) is 10.8. The Morgan fingerprint density at radius 3 is 2.48 bits per heavy atom. The Labute approximate surface area is 136 Å². The molecule has 1 aliphatic rings. The first-order valence-corrected chi connectivity index (χ1v) is 8.20. The van der Waals surface area contributed by atoms with Gasteiger partial charge in [-0.05, 0) is 42.5 Å². The number of amides is 2. The zero-order chi connectivity index (χ0) is 17.0. The third-order valence-electron chi connectivity index (χ3n) is 3.64. The van der Waals surface area contributed by atoms with Crippen molar-refractivity contribution in [3.63, 3.8) is 0 Å². The minimum absolute atomic E-state index is 0.271. The molecule has 2 rings (SSSR count). The Hall–Kier alpha value is -2.09. The zero-order valence-electron chi connectivity index (χ0n) is 12.5. The Balaban J connectivity index is 2.25. The summed E-state index contributed by atoms with van der Waals surface area (Å²) in [6.45, 7) is 1.29. The number of anilines is 1. The van der Waals surface area contributed by atoms with Gasteiger partial charge in [0.25, 0.3) is 5.91 Å². The summed E-state index contributed by atoms with van der Waals surface area (Å²) >= 11 is 1.61. The van der Waals surface area contributed by atoms with Gasteiger partial charge in [0.15, 0.2) is 0 Å². The van der Waals surface area contributed by atoms with Gasteiger partial charge in [0, 0.05) is 12.6 Å². The van der Waals surface area contributed by atoms with Crippen molar-refractivity contribution in [2.45, 2.75) is 25.3 Å². The number of carbonyl (C=O) groups excluding carboxylic acids is 2. The number of hydrogen-bond donors (Lipinski definition) is 3. The van der Waals surface area contributed by atoms with Crippen molar-refractivity contribution in [3.8, 4) is 0 Å². The Morgan fingerprint density at radius 2 is 1.91 bits per heavy atom. The van der Waals surface area contributed by atoms with Crippen molar-refractivity contribution >= 4 is 35.2 Å². The second kappa shape index (κ2) is 6.99. The first kappa shape index (κ1) is 17.3. The summed E-state index contributed by atoms with van der Waals surface area (Å²) in [7, 11) is 0. The first-order valence-electron chi connectivity index (χ1n) is 7.05. The number of nitrogens with one attached hydrogen (secondary N) is 2. The van der Waals surface area contributed by atoms with E-state index in [1.807, 2.05) is 0 Å². The van der Waals surface area contributed by atoms with Gasteiger partial charge in [-0.2, -0.15) is 11.8 Å². The molecular formula is C15H17FN2O4S. The number of hydrogen-bond acceptors (Lipinski definition) is 4. The summed E-state index contributed by atoms with van der Waals surface area (Å²) in [5.74, 6) is -1.83. The standard InChI is InChI=1S/C15H17FN2O4S/c1-9(19)17-10-2-3-12(16)11(8-10)13(20)18-15(14(21)22)4-6-23-7-5-15/h2-3,8H,4-7H2,1H3,(H,17,19)(H,18,20)(H,21,22). The molecule has 1 fully saturated rings. The molecule has 1 aromatic carbocycles. The van der Waals surface area contributed by atoms with Crippen LogP contribution in [0.2, 0.25) is 0 Å². The fourth-order valence-electron chi connectivity index (χ4n) is 2.38. The van der Waals surface area contributed by atoms with Crippen LogP contribution < -0.4 is 10.6 Å². The predicted molar refractivity (Wildman–Crippen MR) is 85.1 cm³/mol. The summed E-state index contributed by atoms with van der Waals surface area (Å²) in [5, 5.41) is 14.4. The maximum absolute atomic E-state index is 13.9. The molecule has 0 radical (unpaired) electrons. The zero-order valence-corrected chi connectivity index (χ0v) is 13.3. The van der Waals surface area contributed by atoms with E-state index in [2.05, 4.69) is 10.6 Å². The predicted octanol–water partition coefficient (Wildman–Crippen LogP) is 1.86. The number of carboxylic acid groups (broad SMARTS) is 1. The van der Waals surface area contributed by atoms with Crippen LogP contribution in [0.25, 0.3) is 0 Å². The van der Waals surface area contributed by atoms with Crippen molar-refractivity contribution in [3.05, 3.63) is 29.6 Å². The van der Waals surface area contributed by atoms with Crippen LogP contribution in [0.4, 0.5) is 10.1 Å². The highest BCUT2D eigenvalue weighted by Crippen LogP contribution is 2.28. The number of carbonyl (C=O) groups is 3. The summed E-state index contributed by atoms with van der Waals surface area (Å²) < 4.78 is 13.9. The average Bonchev–Trinajstić information content (AvgIpc) is 2.49. The fraction of sp³-hybridized carbons (Fsp3) is 0.400. The van der Waals surface area contributed by atoms with E-state index < -0.39 is 23.2 Å². The monoisotopic (exact) mass is 340 g/mol. The highest BCUT2D eigenvalue weighted by molar-refractivity contribution is 7.99. The molecule has 1 saturated heterocycles. The van der Waals surface area contributed by atoms with Crippen LogP contribution in [0, 0.1) is 5.82 Å². The summed E-state index contributed by atoms with van der Waals surface area (Å²) in [5.41, 5.74) is -1.40. The van der Waals surface area contributed by atoms with Crippen LogP contribution >= 0.6 is 11.8 Å². The number of benzene rings is 1. The molecule has 0 spiro atoms. The van der Waals surface area contributed by atoms with Crippen molar-refractivity contribution in [2.75, 3.05) is 16.8 Å². The maximum Gasteiger partial charge on any atom is 0.329 e. The molecule has 1 aliphatic heterocycles. The van der Waals surface area contributed by atoms with Gasteiger partial charge in [-0.3, -0.25) is 9.59 Å². The van der Waals surface area contributed by atoms with E-state index in [1.165, 1.54) is 19.1 Å². The van der Waals surface area contributed by atoms with Gasteiger partial charge >= 0.3 is 5.97 Å². The van der Waals surface area contributed by atoms with Gasteiger partial charge in [-0.1, -0.05) is 0 Å². The lowest BCUT2D eigenvalue weighted by Crippen LogP contribution is -2.56. The maximum atomic E-state index is 13.9. The molecular weight excluding hydrogens is 323 g/mol. The van der Waals surface area contributed by atoms with Gasteiger partial charge in [0.05, 0.1) is 5.56 Å². The van der Waals surface area contributed by atoms with Gasteiger partial charge in [-0.15, -0.1) is 0 Å². The van der Waals surface area contributed by atoms with Crippen molar-refractivity contribution in [1.82, 2.24) is 5.32 Å². The van der Waals surface area contributed by atoms with E-state index >= 15 is 0 Å². The van der Waals surface area contributed by atoms with E-state index in [1.54, 1.807) is 11.8 Å². The SMILES string of the molecule is CC(=O)Nc1ccc(F)c(C(=O)NC2(C(=O)O)CCSCC2)c1. The molecule has 0 unspecified atom stereocenters. The summed E-state index contributed by atoms with van der Waals surface area (Å²) in [6, 6.07) is 3.58. The Bertz CT molecular complexity index is 644. The third kappa shape index (κ3) is 4.01. The molecule has 1 heterocycles. The molecule has 124 valence electrons. The third-order valence-corrected chi connectivity index (χ3v) is 4.63. The lowest BCUT2D eigenvalue weighted by molar-refractivity contribution is -0.144. The number of carboxylic acids is 1. The molecule has 2 amide bonds. The molecule has 8 heteroatoms. The van der Waals surface area contributed by atoms with E-state index in [9.17, 15) is 23.9 Å². The molecule has 0 bridgehead atoms. The fourth-order valence-corrected chi connectivity index (χ4v) is 3.57. The molecule has 3 N–H and O–H groups in total. The summed E-state index contributed by atoms with van der Waals surface area (Å²) in [6.07, 6.45) is 0.567. The van der Waals surface area contributed by atoms with Crippen LogP contribution in [-0.4, -0.2) is 39.9 Å². The minimum atomic E-state index is -1.38. The van der Waals surface area contributed by atoms with Crippen molar-refractivity contribution < 1.29 is 23.9 Å². The largest absolute Gasteiger partial charge is 0.480 e. The van der Waals surface area contributed by atoms with Gasteiger partial charge < -0.3 is 15.7 Å². The van der Waals surface area contributed by atoms with Gasteiger partial charge in [0.2, 0.25) is 5.91 Å². The van der Waals surface area contributed by atoms with E-state index in [4.69, 9.17) is 0 Å². The quantitative estimate of drug-likeness (QED) is 0.778. The molecule has 0 aliphatic carbocycles. The molecule has 0 aromatic heterocycles. The Morgan fingerprint density at radius 1 is 1.26 bits per heavy atom. The van der Waals surface area contributed by atoms with E-state index in [0.717, 1.165) is 6.07 Å². The Kier molecular flexibility index (Phi) is 5.25. The topological polar surface area (TPSA) is 95.5 Å². The van der Waals surface area contributed by atoms with Gasteiger partial charge in [-0.25, -0.2) is 9.18 Å². The molecule has 6 nitrogen and oxygen atoms in total. The molecule has 0 saturated carbocycles. The number of aliphatic carboxylic acids is 1. The minimum Gasteiger partial charge on any atom is -0.480 e. The summed E-state index contributed by atoms with van der Waals surface area (Å²) in [4.78, 5) is 35.0. The van der Waals surface area contributed by atoms with Crippen LogP contribution in [0.1, 0.15) is 30.1 Å². The van der Waals surface area contributed by atoms with Crippen molar-refractivity contribution in [2.24, 2.45) is 0 Å². The van der Waals surface area contributed by atoms with Crippen LogP contribution in [-0.2, 0) is 9.59 Å². The molecule has 23 heavy (non-hydrogen) atoms. The van der Waals surface area contributed by atoms with Crippen molar-refractivity contribution in [1.29, 1.82) is 0 Å². The lowest BCUT2D eigenvalue weighted by atomic mass is 9.91. The van der Waals surface area contributed by atoms with Crippen LogP contribution in [0.5, 0.6) is 0 Å². The van der Waals surface area contributed by atoms with E-state index in [0.29, 0.717) is 11.5 Å². The number of halogens is 1. The molecule has 1 aromatic rings. The highest BCUT2D eigenvalue weighted by Gasteiger charge is 2.41. The second-order valence-corrected chi connectivity index (χ2v) is 6.55. The van der Waals surface area contributed by atoms with Crippen LogP contribution in [0.15, 0.2) is 18.2 Å². The molecule has 0 atom stereocenters. The lowest BCUT2D eigenvalue weighted by Gasteiger charge is -2.33.